The van der Waals surface area contributed by atoms with Crippen molar-refractivity contribution in [3.63, 3.8) is 0 Å². The van der Waals surface area contributed by atoms with Gasteiger partial charge in [-0.1, -0.05) is 0 Å². The summed E-state index contributed by atoms with van der Waals surface area (Å²) >= 11 is 0. The summed E-state index contributed by atoms with van der Waals surface area (Å²) in [7, 11) is -6.59. The van der Waals surface area contributed by atoms with Gasteiger partial charge in [-0.05, 0) is 6.42 Å². The number of nitrogens with zero attached hydrogens (tertiary/aromatic N) is 1. The number of imidazole rings is 1. The standard InChI is InChI=1S/C12H24N2O6SSi.H3O4P/c1-18-22(19-2,20-3)11-4-6-12-13-7-9-14(12)8-5-10-21(15,16)17;1-5(2,3)4/h7,9H,4-6,8,10-11H2,1-3H3,(H,15,16,17);(H3,1,2,3,4). The highest BCUT2D eigenvalue weighted by atomic mass is 32.2. The van der Waals surface area contributed by atoms with Gasteiger partial charge in [0, 0.05) is 40.2 Å². The predicted molar refractivity (Wildman–Crippen MR) is 94.0 cm³/mol. The van der Waals surface area contributed by atoms with Crippen molar-refractivity contribution in [3.05, 3.63) is 18.2 Å². The molecule has 0 fully saturated rings. The lowest BCUT2D eigenvalue weighted by molar-refractivity contribution is -0.702. The molecule has 0 atom stereocenters. The van der Waals surface area contributed by atoms with Gasteiger partial charge in [-0.2, -0.15) is 8.42 Å². The second kappa shape index (κ2) is 12.0. The average molecular weight is 450 g/mol. The second-order valence-corrected chi connectivity index (χ2v) is 11.0. The molecule has 1 rings (SSSR count). The van der Waals surface area contributed by atoms with E-state index in [1.54, 1.807) is 27.5 Å². The van der Waals surface area contributed by atoms with E-state index in [2.05, 4.69) is 4.98 Å². The third kappa shape index (κ3) is 13.2. The van der Waals surface area contributed by atoms with E-state index < -0.39 is 26.7 Å². The Bertz CT molecular complexity index is 672. The molecule has 15 heteroatoms. The van der Waals surface area contributed by atoms with Gasteiger partial charge in [-0.15, -0.1) is 0 Å². The molecule has 1 heterocycles. The highest BCUT2D eigenvalue weighted by molar-refractivity contribution is 7.85. The fraction of sp³-hybridized carbons (Fsp3) is 0.750. The quantitative estimate of drug-likeness (QED) is 0.139. The maximum absolute atomic E-state index is 10.7. The summed E-state index contributed by atoms with van der Waals surface area (Å²) in [6, 6.07) is 0.695. The number of hydrogen-bond acceptors (Lipinski definition) is 7. The van der Waals surface area contributed by atoms with Crippen LogP contribution in [0.4, 0.5) is 0 Å². The minimum Gasteiger partial charge on any atom is -0.756 e. The lowest BCUT2D eigenvalue weighted by atomic mass is 10.3. The molecule has 0 aromatic carbocycles. The van der Waals surface area contributed by atoms with E-state index in [9.17, 15) is 8.42 Å². The monoisotopic (exact) mass is 450 g/mol. The minimum absolute atomic E-state index is 0.238. The first-order chi connectivity index (χ1) is 12.4. The van der Waals surface area contributed by atoms with E-state index >= 15 is 0 Å². The Hall–Kier alpha value is -0.673. The number of rotatable bonds is 11. The summed E-state index contributed by atoms with van der Waals surface area (Å²) in [6.07, 6.45) is 5.61. The summed E-state index contributed by atoms with van der Waals surface area (Å²) in [5, 5.41) is 0. The Morgan fingerprint density at radius 1 is 1.22 bits per heavy atom. The molecule has 0 aliphatic heterocycles. The van der Waals surface area contributed by atoms with Gasteiger partial charge in [0.05, 0.1) is 12.3 Å². The van der Waals surface area contributed by atoms with Crippen molar-refractivity contribution < 1.29 is 50.1 Å². The second-order valence-electron chi connectivity index (χ2n) is 5.38. The molecule has 4 N–H and O–H groups in total. The molecular formula is C12H27N2O10PSSi. The molecule has 1 aromatic heterocycles. The summed E-state index contributed by atoms with van der Waals surface area (Å²) in [5.41, 5.74) is 0. The van der Waals surface area contributed by atoms with Crippen molar-refractivity contribution in [2.45, 2.75) is 31.9 Å². The van der Waals surface area contributed by atoms with E-state index in [4.69, 9.17) is 37.1 Å². The number of aromatic amines is 1. The summed E-state index contributed by atoms with van der Waals surface area (Å²) in [5.74, 6) is 0.749. The van der Waals surface area contributed by atoms with Crippen molar-refractivity contribution in [2.24, 2.45) is 0 Å². The summed E-state index contributed by atoms with van der Waals surface area (Å²) < 4.78 is 57.0. The number of nitrogens with one attached hydrogen (secondary N) is 1. The van der Waals surface area contributed by atoms with Gasteiger partial charge < -0.3 is 28.0 Å². The van der Waals surface area contributed by atoms with Crippen LogP contribution in [0.3, 0.4) is 0 Å². The maximum Gasteiger partial charge on any atom is 0.500 e. The van der Waals surface area contributed by atoms with Crippen LogP contribution in [0.25, 0.3) is 0 Å². The molecule has 0 bridgehead atoms. The molecule has 27 heavy (non-hydrogen) atoms. The number of hydrogen-bond donors (Lipinski definition) is 4. The van der Waals surface area contributed by atoms with E-state index in [-0.39, 0.29) is 5.75 Å². The highest BCUT2D eigenvalue weighted by Gasteiger charge is 2.37. The first-order valence-electron chi connectivity index (χ1n) is 7.78. The largest absolute Gasteiger partial charge is 0.756 e. The fourth-order valence-electron chi connectivity index (χ4n) is 2.27. The Kier molecular flexibility index (Phi) is 11.7. The van der Waals surface area contributed by atoms with Crippen molar-refractivity contribution in [2.75, 3.05) is 27.1 Å². The van der Waals surface area contributed by atoms with Crippen LogP contribution in [0.1, 0.15) is 18.7 Å². The number of phosphoric acid groups is 1. The van der Waals surface area contributed by atoms with Gasteiger partial charge in [-0.25, -0.2) is 9.55 Å². The van der Waals surface area contributed by atoms with Gasteiger partial charge in [0.2, 0.25) is 0 Å². The van der Waals surface area contributed by atoms with E-state index in [0.29, 0.717) is 19.0 Å². The van der Waals surface area contributed by atoms with E-state index in [1.165, 1.54) is 0 Å². The highest BCUT2D eigenvalue weighted by Crippen LogP contribution is 2.19. The molecule has 0 aliphatic rings. The van der Waals surface area contributed by atoms with Crippen molar-refractivity contribution in [1.82, 2.24) is 4.98 Å². The van der Waals surface area contributed by atoms with Crippen LogP contribution in [0, 0.1) is 0 Å². The van der Waals surface area contributed by atoms with E-state index in [0.717, 1.165) is 18.7 Å². The van der Waals surface area contributed by atoms with Crippen LogP contribution < -0.4 is 9.46 Å². The van der Waals surface area contributed by atoms with Crippen molar-refractivity contribution >= 4 is 26.7 Å². The van der Waals surface area contributed by atoms with Gasteiger partial charge in [0.1, 0.15) is 12.4 Å². The van der Waals surface area contributed by atoms with Crippen LogP contribution in [-0.2, 0) is 40.9 Å². The van der Waals surface area contributed by atoms with Crippen molar-refractivity contribution in [3.8, 4) is 0 Å². The topological polar surface area (TPSA) is 182 Å². The lowest BCUT2D eigenvalue weighted by Gasteiger charge is -2.23. The zero-order valence-electron chi connectivity index (χ0n) is 15.4. The number of aryl methyl sites for hydroxylation is 2. The van der Waals surface area contributed by atoms with Gasteiger partial charge in [0.25, 0.3) is 23.8 Å². The van der Waals surface area contributed by atoms with Gasteiger partial charge >= 0.3 is 8.80 Å². The van der Waals surface area contributed by atoms with Crippen LogP contribution >= 0.6 is 7.82 Å². The molecule has 0 radical (unpaired) electrons. The Morgan fingerprint density at radius 3 is 2.19 bits per heavy atom. The first-order valence-corrected chi connectivity index (χ1v) is 12.9. The predicted octanol–water partition coefficient (Wildman–Crippen LogP) is -1.17. The van der Waals surface area contributed by atoms with E-state index in [1.807, 2.05) is 10.8 Å². The fourth-order valence-corrected chi connectivity index (χ4v) is 4.48. The van der Waals surface area contributed by atoms with Crippen molar-refractivity contribution in [1.29, 1.82) is 0 Å². The normalized spacial score (nSPS) is 12.6. The van der Waals surface area contributed by atoms with Gasteiger partial charge in [-0.3, -0.25) is 9.12 Å². The molecular weight excluding hydrogens is 423 g/mol. The smallest absolute Gasteiger partial charge is 0.500 e. The molecule has 1 aromatic rings. The molecule has 0 unspecified atom stereocenters. The van der Waals surface area contributed by atoms with Crippen LogP contribution in [0.15, 0.2) is 12.4 Å². The zero-order valence-corrected chi connectivity index (χ0v) is 18.1. The van der Waals surface area contributed by atoms with Gasteiger partial charge in [0.15, 0.2) is 0 Å². The lowest BCUT2D eigenvalue weighted by Crippen LogP contribution is -2.43. The average Bonchev–Trinajstić information content (AvgIpc) is 2.97. The molecule has 0 saturated heterocycles. The SMILES string of the molecule is CO[Si](CCCc1[nH]cc[n+]1CCCS(=O)(=O)O)(OC)OC.O=P([O-])(O)O. The van der Waals surface area contributed by atoms with Crippen LogP contribution in [0.2, 0.25) is 6.04 Å². The first kappa shape index (κ1) is 26.3. The maximum atomic E-state index is 10.7. The number of H-pyrrole nitrogens is 1. The third-order valence-corrected chi connectivity index (χ3v) is 7.12. The minimum atomic E-state index is -4.89. The molecule has 12 nitrogen and oxygen atoms in total. The molecule has 0 amide bonds. The Labute approximate surface area is 159 Å². The number of aromatic nitrogens is 2. The molecule has 0 spiro atoms. The molecule has 0 aliphatic carbocycles. The summed E-state index contributed by atoms with van der Waals surface area (Å²) in [4.78, 5) is 26.1. The molecule has 160 valence electrons. The molecule has 0 saturated carbocycles. The summed E-state index contributed by atoms with van der Waals surface area (Å²) in [6.45, 7) is 0.528. The van der Waals surface area contributed by atoms with Crippen LogP contribution in [0.5, 0.6) is 0 Å². The Balaban J connectivity index is 0.00000119. The third-order valence-electron chi connectivity index (χ3n) is 3.48. The Morgan fingerprint density at radius 2 is 1.74 bits per heavy atom. The zero-order chi connectivity index (χ0) is 21.1. The van der Waals surface area contributed by atoms with Crippen LogP contribution in [-0.4, -0.2) is 63.6 Å².